The average Bonchev–Trinajstić information content (AvgIpc) is 2.77. The Bertz CT molecular complexity index is 718. The van der Waals surface area contributed by atoms with Crippen LogP contribution in [-0.2, 0) is 16.1 Å². The molecule has 7 heteroatoms. The minimum atomic E-state index is -0.459. The highest BCUT2D eigenvalue weighted by atomic mass is 16.6. The molecule has 0 unspecified atom stereocenters. The number of carbonyl (C=O) groups is 2. The Labute approximate surface area is 192 Å². The molecule has 0 atom stereocenters. The number of hydrogen-bond donors (Lipinski definition) is 2. The summed E-state index contributed by atoms with van der Waals surface area (Å²) < 4.78 is 10.7. The van der Waals surface area contributed by atoms with Crippen LogP contribution >= 0.6 is 0 Å². The highest BCUT2D eigenvalue weighted by molar-refractivity contribution is 5.68. The lowest BCUT2D eigenvalue weighted by atomic mass is 9.87. The van der Waals surface area contributed by atoms with Crippen molar-refractivity contribution in [3.63, 3.8) is 0 Å². The molecule has 0 aromatic heterocycles. The minimum absolute atomic E-state index is 0.199. The van der Waals surface area contributed by atoms with Crippen LogP contribution in [0.5, 0.6) is 0 Å². The summed E-state index contributed by atoms with van der Waals surface area (Å²) in [6.45, 7) is 8.77. The SMILES string of the molecule is CC(C)(C)OC(=O)NCC1CCN(C2CCC(NC(=O)OCc3ccccc3)CC2)CC1. The molecule has 7 nitrogen and oxygen atoms in total. The van der Waals surface area contributed by atoms with E-state index in [-0.39, 0.29) is 18.2 Å². The smallest absolute Gasteiger partial charge is 0.407 e. The van der Waals surface area contributed by atoms with Crippen molar-refractivity contribution < 1.29 is 19.1 Å². The summed E-state index contributed by atoms with van der Waals surface area (Å²) in [5.74, 6) is 0.510. The van der Waals surface area contributed by atoms with Crippen LogP contribution in [0.3, 0.4) is 0 Å². The Balaban J connectivity index is 1.29. The van der Waals surface area contributed by atoms with Gasteiger partial charge < -0.3 is 25.0 Å². The molecule has 32 heavy (non-hydrogen) atoms. The van der Waals surface area contributed by atoms with Crippen molar-refractivity contribution in [2.75, 3.05) is 19.6 Å². The van der Waals surface area contributed by atoms with Gasteiger partial charge in [0.25, 0.3) is 0 Å². The maximum absolute atomic E-state index is 12.1. The second kappa shape index (κ2) is 11.5. The highest BCUT2D eigenvalue weighted by Gasteiger charge is 2.30. The molecule has 1 aromatic carbocycles. The van der Waals surface area contributed by atoms with Crippen LogP contribution in [-0.4, -0.2) is 54.4 Å². The number of nitrogens with zero attached hydrogens (tertiary/aromatic N) is 1. The van der Waals surface area contributed by atoms with E-state index in [1.54, 1.807) is 0 Å². The monoisotopic (exact) mass is 445 g/mol. The van der Waals surface area contributed by atoms with Gasteiger partial charge in [0.15, 0.2) is 0 Å². The van der Waals surface area contributed by atoms with Crippen molar-refractivity contribution in [1.82, 2.24) is 15.5 Å². The van der Waals surface area contributed by atoms with E-state index < -0.39 is 5.60 Å². The van der Waals surface area contributed by atoms with Gasteiger partial charge in [-0.1, -0.05) is 30.3 Å². The zero-order valence-corrected chi connectivity index (χ0v) is 19.8. The predicted molar refractivity (Wildman–Crippen MR) is 124 cm³/mol. The number of nitrogens with one attached hydrogen (secondary N) is 2. The number of hydrogen-bond acceptors (Lipinski definition) is 5. The molecule has 2 fully saturated rings. The highest BCUT2D eigenvalue weighted by Crippen LogP contribution is 2.27. The van der Waals surface area contributed by atoms with E-state index in [0.29, 0.717) is 25.1 Å². The number of alkyl carbamates (subject to hydrolysis) is 2. The van der Waals surface area contributed by atoms with E-state index in [1.807, 2.05) is 51.1 Å². The summed E-state index contributed by atoms with van der Waals surface area (Å²) in [6, 6.07) is 10.5. The predicted octanol–water partition coefficient (Wildman–Crippen LogP) is 4.46. The summed E-state index contributed by atoms with van der Waals surface area (Å²) in [6.07, 6.45) is 5.73. The summed E-state index contributed by atoms with van der Waals surface area (Å²) in [5.41, 5.74) is 0.538. The molecule has 1 heterocycles. The maximum atomic E-state index is 12.1. The van der Waals surface area contributed by atoms with Crippen LogP contribution in [0.2, 0.25) is 0 Å². The number of benzene rings is 1. The topological polar surface area (TPSA) is 79.9 Å². The molecule has 2 aliphatic rings. The zero-order valence-electron chi connectivity index (χ0n) is 19.8. The lowest BCUT2D eigenvalue weighted by Gasteiger charge is -2.41. The molecule has 0 radical (unpaired) electrons. The van der Waals surface area contributed by atoms with Gasteiger partial charge in [-0.2, -0.15) is 0 Å². The molecule has 1 aliphatic heterocycles. The second-order valence-corrected chi connectivity index (χ2v) is 10.1. The van der Waals surface area contributed by atoms with Crippen LogP contribution in [0.4, 0.5) is 9.59 Å². The molecule has 0 spiro atoms. The van der Waals surface area contributed by atoms with Gasteiger partial charge in [-0.15, -0.1) is 0 Å². The first-order chi connectivity index (χ1) is 15.3. The number of amides is 2. The number of likely N-dealkylation sites (tertiary alicyclic amines) is 1. The van der Waals surface area contributed by atoms with Gasteiger partial charge in [-0.05, 0) is 83.9 Å². The molecule has 1 saturated carbocycles. The third kappa shape index (κ3) is 8.34. The summed E-state index contributed by atoms with van der Waals surface area (Å²) in [7, 11) is 0. The first kappa shape index (κ1) is 24.4. The van der Waals surface area contributed by atoms with Crippen LogP contribution in [0, 0.1) is 5.92 Å². The van der Waals surface area contributed by atoms with Crippen molar-refractivity contribution >= 4 is 12.2 Å². The molecular weight excluding hydrogens is 406 g/mol. The lowest BCUT2D eigenvalue weighted by Crippen LogP contribution is -2.47. The van der Waals surface area contributed by atoms with E-state index in [9.17, 15) is 9.59 Å². The van der Waals surface area contributed by atoms with Gasteiger partial charge in [0.2, 0.25) is 0 Å². The normalized spacial score (nSPS) is 22.7. The summed E-state index contributed by atoms with van der Waals surface area (Å²) in [5, 5.41) is 5.95. The maximum Gasteiger partial charge on any atom is 0.407 e. The first-order valence-corrected chi connectivity index (χ1v) is 12.0. The van der Waals surface area contributed by atoms with Gasteiger partial charge in [-0.25, -0.2) is 9.59 Å². The van der Waals surface area contributed by atoms with Crippen molar-refractivity contribution in [3.05, 3.63) is 35.9 Å². The van der Waals surface area contributed by atoms with E-state index in [1.165, 1.54) is 0 Å². The van der Waals surface area contributed by atoms with E-state index >= 15 is 0 Å². The Morgan fingerprint density at radius 2 is 1.62 bits per heavy atom. The summed E-state index contributed by atoms with van der Waals surface area (Å²) in [4.78, 5) is 26.5. The minimum Gasteiger partial charge on any atom is -0.445 e. The molecule has 1 aliphatic carbocycles. The fourth-order valence-electron chi connectivity index (χ4n) is 4.58. The Morgan fingerprint density at radius 1 is 0.969 bits per heavy atom. The number of piperidine rings is 1. The summed E-state index contributed by atoms with van der Waals surface area (Å²) >= 11 is 0. The Morgan fingerprint density at radius 3 is 2.25 bits per heavy atom. The number of ether oxygens (including phenoxy) is 2. The molecule has 1 aromatic rings. The van der Waals surface area contributed by atoms with E-state index in [2.05, 4.69) is 15.5 Å². The zero-order chi connectivity index (χ0) is 23.0. The second-order valence-electron chi connectivity index (χ2n) is 10.1. The van der Waals surface area contributed by atoms with Crippen molar-refractivity contribution in [1.29, 1.82) is 0 Å². The molecule has 2 amide bonds. The fraction of sp³-hybridized carbons (Fsp3) is 0.680. The Hall–Kier alpha value is -2.28. The third-order valence-corrected chi connectivity index (χ3v) is 6.33. The molecule has 3 rings (SSSR count). The standard InChI is InChI=1S/C25H39N3O4/c1-25(2,3)32-23(29)26-17-19-13-15-28(16-14-19)22-11-9-21(10-12-22)27-24(30)31-18-20-7-5-4-6-8-20/h4-8,19,21-22H,9-18H2,1-3H3,(H,26,29)(H,27,30). The fourth-order valence-corrected chi connectivity index (χ4v) is 4.58. The molecule has 1 saturated heterocycles. The van der Waals surface area contributed by atoms with Gasteiger partial charge >= 0.3 is 12.2 Å². The van der Waals surface area contributed by atoms with E-state index in [0.717, 1.165) is 57.2 Å². The van der Waals surface area contributed by atoms with Crippen LogP contribution in [0.15, 0.2) is 30.3 Å². The first-order valence-electron chi connectivity index (χ1n) is 12.0. The Kier molecular flexibility index (Phi) is 8.79. The quantitative estimate of drug-likeness (QED) is 0.676. The lowest BCUT2D eigenvalue weighted by molar-refractivity contribution is 0.0499. The van der Waals surface area contributed by atoms with Gasteiger partial charge in [0, 0.05) is 18.6 Å². The van der Waals surface area contributed by atoms with Crippen LogP contribution < -0.4 is 10.6 Å². The largest absolute Gasteiger partial charge is 0.445 e. The van der Waals surface area contributed by atoms with E-state index in [4.69, 9.17) is 9.47 Å². The van der Waals surface area contributed by atoms with Gasteiger partial charge in [0.1, 0.15) is 12.2 Å². The number of rotatable bonds is 6. The van der Waals surface area contributed by atoms with Crippen LogP contribution in [0.1, 0.15) is 64.9 Å². The molecule has 0 bridgehead atoms. The molecule has 2 N–H and O–H groups in total. The number of carbonyl (C=O) groups excluding carboxylic acids is 2. The van der Waals surface area contributed by atoms with Crippen molar-refractivity contribution in [3.8, 4) is 0 Å². The third-order valence-electron chi connectivity index (χ3n) is 6.33. The van der Waals surface area contributed by atoms with Gasteiger partial charge in [-0.3, -0.25) is 0 Å². The average molecular weight is 446 g/mol. The van der Waals surface area contributed by atoms with Crippen LogP contribution in [0.25, 0.3) is 0 Å². The van der Waals surface area contributed by atoms with Gasteiger partial charge in [0.05, 0.1) is 0 Å². The molecule has 178 valence electrons. The van der Waals surface area contributed by atoms with Crippen molar-refractivity contribution in [2.45, 2.75) is 83.6 Å². The van der Waals surface area contributed by atoms with Crippen molar-refractivity contribution in [2.24, 2.45) is 5.92 Å². The molecular formula is C25H39N3O4.